The standard InChI is InChI=1S/C11H12O2S4/c1-3-7(2)13-9(12)8-6-16-11(17-8)10-14-4-5-15-10/h4-7H,3H2,1-2H3. The first-order chi connectivity index (χ1) is 8.20. The van der Waals surface area contributed by atoms with Crippen molar-refractivity contribution >= 4 is 53.0 Å². The summed E-state index contributed by atoms with van der Waals surface area (Å²) in [7, 11) is 0. The molecule has 6 heteroatoms. The maximum absolute atomic E-state index is 11.8. The van der Waals surface area contributed by atoms with Crippen LogP contribution in [0.25, 0.3) is 0 Å². The van der Waals surface area contributed by atoms with Crippen molar-refractivity contribution in [2.45, 2.75) is 26.4 Å². The first kappa shape index (κ1) is 13.5. The number of rotatable bonds is 3. The molecular formula is C11H12O2S4. The predicted octanol–water partition coefficient (Wildman–Crippen LogP) is 4.73. The molecule has 0 aromatic heterocycles. The molecule has 2 aliphatic heterocycles. The van der Waals surface area contributed by atoms with E-state index in [0.717, 1.165) is 6.42 Å². The molecule has 0 aromatic carbocycles. The van der Waals surface area contributed by atoms with E-state index in [1.165, 1.54) is 20.2 Å². The number of ether oxygens (including phenoxy) is 1. The molecule has 0 spiro atoms. The van der Waals surface area contributed by atoms with Crippen LogP contribution in [0.15, 0.2) is 29.6 Å². The zero-order valence-corrected chi connectivity index (χ0v) is 12.7. The molecule has 0 aromatic rings. The van der Waals surface area contributed by atoms with Gasteiger partial charge in [-0.2, -0.15) is 0 Å². The van der Waals surface area contributed by atoms with E-state index in [2.05, 4.69) is 10.8 Å². The Morgan fingerprint density at radius 1 is 1.29 bits per heavy atom. The second-order valence-corrected chi connectivity index (χ2v) is 7.69. The van der Waals surface area contributed by atoms with E-state index < -0.39 is 0 Å². The van der Waals surface area contributed by atoms with Gasteiger partial charge in [-0.25, -0.2) is 4.79 Å². The Labute approximate surface area is 118 Å². The third-order valence-corrected chi connectivity index (χ3v) is 7.13. The molecule has 1 atom stereocenters. The van der Waals surface area contributed by atoms with Crippen LogP contribution in [0, 0.1) is 0 Å². The van der Waals surface area contributed by atoms with Gasteiger partial charge in [-0.1, -0.05) is 54.0 Å². The molecule has 0 saturated heterocycles. The van der Waals surface area contributed by atoms with Crippen molar-refractivity contribution in [1.82, 2.24) is 0 Å². The Bertz CT molecular complexity index is 402. The van der Waals surface area contributed by atoms with Gasteiger partial charge in [-0.05, 0) is 29.6 Å². The third kappa shape index (κ3) is 3.53. The van der Waals surface area contributed by atoms with Crippen molar-refractivity contribution in [2.75, 3.05) is 0 Å². The van der Waals surface area contributed by atoms with Crippen LogP contribution in [0.1, 0.15) is 20.3 Å². The SMILES string of the molecule is CCC(C)OC(=O)C1=CSC(=C2SC=CS2)S1. The second kappa shape index (κ2) is 6.31. The maximum Gasteiger partial charge on any atom is 0.345 e. The quantitative estimate of drug-likeness (QED) is 0.700. The van der Waals surface area contributed by atoms with Crippen LogP contribution in [-0.2, 0) is 9.53 Å². The largest absolute Gasteiger partial charge is 0.459 e. The van der Waals surface area contributed by atoms with E-state index in [9.17, 15) is 4.79 Å². The van der Waals surface area contributed by atoms with Crippen LogP contribution in [0.5, 0.6) is 0 Å². The van der Waals surface area contributed by atoms with E-state index in [1.54, 1.807) is 35.3 Å². The van der Waals surface area contributed by atoms with Crippen LogP contribution in [-0.4, -0.2) is 12.1 Å². The maximum atomic E-state index is 11.8. The number of hydrogen-bond donors (Lipinski definition) is 0. The van der Waals surface area contributed by atoms with Crippen LogP contribution in [0.2, 0.25) is 0 Å². The zero-order valence-electron chi connectivity index (χ0n) is 9.47. The molecule has 2 rings (SSSR count). The lowest BCUT2D eigenvalue weighted by Gasteiger charge is -2.10. The van der Waals surface area contributed by atoms with Crippen molar-refractivity contribution in [1.29, 1.82) is 0 Å². The molecule has 2 nitrogen and oxygen atoms in total. The van der Waals surface area contributed by atoms with E-state index >= 15 is 0 Å². The Hall–Kier alpha value is 0.0900. The lowest BCUT2D eigenvalue weighted by molar-refractivity contribution is -0.142. The first-order valence-electron chi connectivity index (χ1n) is 5.19. The minimum absolute atomic E-state index is 0.0115. The van der Waals surface area contributed by atoms with Gasteiger partial charge in [0.1, 0.15) is 4.91 Å². The van der Waals surface area contributed by atoms with E-state index in [4.69, 9.17) is 4.74 Å². The Morgan fingerprint density at radius 2 is 2.00 bits per heavy atom. The number of carbonyl (C=O) groups excluding carboxylic acids is 1. The van der Waals surface area contributed by atoms with Gasteiger partial charge < -0.3 is 4.74 Å². The van der Waals surface area contributed by atoms with Crippen molar-refractivity contribution in [3.8, 4) is 0 Å². The number of esters is 1. The highest BCUT2D eigenvalue weighted by molar-refractivity contribution is 8.33. The topological polar surface area (TPSA) is 26.3 Å². The molecule has 0 bridgehead atoms. The van der Waals surface area contributed by atoms with E-state index in [-0.39, 0.29) is 12.1 Å². The summed E-state index contributed by atoms with van der Waals surface area (Å²) in [6.45, 7) is 3.92. The lowest BCUT2D eigenvalue weighted by atomic mass is 10.3. The van der Waals surface area contributed by atoms with Crippen LogP contribution >= 0.6 is 47.0 Å². The van der Waals surface area contributed by atoms with Gasteiger partial charge in [0.15, 0.2) is 0 Å². The number of hydrogen-bond acceptors (Lipinski definition) is 6. The van der Waals surface area contributed by atoms with Gasteiger partial charge in [0, 0.05) is 0 Å². The summed E-state index contributed by atoms with van der Waals surface area (Å²) < 4.78 is 7.74. The molecule has 0 fully saturated rings. The number of thioether (sulfide) groups is 4. The van der Waals surface area contributed by atoms with E-state index in [1.807, 2.05) is 19.3 Å². The summed E-state index contributed by atoms with van der Waals surface area (Å²) in [5, 5.41) is 6.00. The summed E-state index contributed by atoms with van der Waals surface area (Å²) in [5.74, 6) is -0.201. The van der Waals surface area contributed by atoms with Crippen LogP contribution in [0.4, 0.5) is 0 Å². The first-order valence-corrected chi connectivity index (χ1v) is 8.64. The Kier molecular flexibility index (Phi) is 5.02. The summed E-state index contributed by atoms with van der Waals surface area (Å²) in [6, 6.07) is 0. The molecule has 17 heavy (non-hydrogen) atoms. The van der Waals surface area contributed by atoms with Gasteiger partial charge in [0.05, 0.1) is 14.6 Å². The number of carbonyl (C=O) groups is 1. The molecule has 2 aliphatic rings. The van der Waals surface area contributed by atoms with Crippen molar-refractivity contribution < 1.29 is 9.53 Å². The zero-order chi connectivity index (χ0) is 12.3. The molecule has 0 amide bonds. The van der Waals surface area contributed by atoms with E-state index in [0.29, 0.717) is 4.91 Å². The monoisotopic (exact) mass is 304 g/mol. The fourth-order valence-corrected chi connectivity index (χ4v) is 5.38. The van der Waals surface area contributed by atoms with Crippen molar-refractivity contribution in [3.05, 3.63) is 29.6 Å². The minimum atomic E-state index is -0.201. The summed E-state index contributed by atoms with van der Waals surface area (Å²) in [4.78, 5) is 12.5. The van der Waals surface area contributed by atoms with Crippen LogP contribution < -0.4 is 0 Å². The van der Waals surface area contributed by atoms with Crippen molar-refractivity contribution in [3.63, 3.8) is 0 Å². The molecule has 1 unspecified atom stereocenters. The Morgan fingerprint density at radius 3 is 2.65 bits per heavy atom. The van der Waals surface area contributed by atoms with Gasteiger partial charge in [-0.15, -0.1) is 0 Å². The van der Waals surface area contributed by atoms with Gasteiger partial charge in [0.25, 0.3) is 0 Å². The summed E-state index contributed by atoms with van der Waals surface area (Å²) in [5.41, 5.74) is 0. The highest BCUT2D eigenvalue weighted by Crippen LogP contribution is 2.53. The minimum Gasteiger partial charge on any atom is -0.459 e. The molecule has 0 N–H and O–H groups in total. The molecule has 2 heterocycles. The average Bonchev–Trinajstić information content (AvgIpc) is 2.98. The average molecular weight is 304 g/mol. The molecule has 92 valence electrons. The highest BCUT2D eigenvalue weighted by Gasteiger charge is 2.24. The fourth-order valence-electron chi connectivity index (χ4n) is 1.06. The fraction of sp³-hybridized carbons (Fsp3) is 0.364. The van der Waals surface area contributed by atoms with Gasteiger partial charge in [-0.3, -0.25) is 0 Å². The summed E-state index contributed by atoms with van der Waals surface area (Å²) in [6.07, 6.45) is 0.836. The lowest BCUT2D eigenvalue weighted by Crippen LogP contribution is -2.13. The normalized spacial score (nSPS) is 20.7. The molecule has 0 aliphatic carbocycles. The molecular weight excluding hydrogens is 292 g/mol. The summed E-state index contributed by atoms with van der Waals surface area (Å²) >= 11 is 6.54. The Balaban J connectivity index is 1.93. The van der Waals surface area contributed by atoms with Gasteiger partial charge >= 0.3 is 5.97 Å². The smallest absolute Gasteiger partial charge is 0.345 e. The molecule has 0 saturated carbocycles. The van der Waals surface area contributed by atoms with Crippen LogP contribution in [0.3, 0.4) is 0 Å². The highest BCUT2D eigenvalue weighted by atomic mass is 32.2. The predicted molar refractivity (Wildman–Crippen MR) is 80.5 cm³/mol. The second-order valence-electron chi connectivity index (χ2n) is 3.41. The third-order valence-electron chi connectivity index (χ3n) is 2.13. The van der Waals surface area contributed by atoms with Crippen molar-refractivity contribution in [2.24, 2.45) is 0 Å². The van der Waals surface area contributed by atoms with Gasteiger partial charge in [0.2, 0.25) is 0 Å². The molecule has 0 radical (unpaired) electrons.